The molecule has 2 heterocycles. The number of aromatic nitrogens is 2. The Hall–Kier alpha value is -2.76. The minimum atomic E-state index is -1.08. The fourth-order valence-corrected chi connectivity index (χ4v) is 2.48. The van der Waals surface area contributed by atoms with Gasteiger partial charge in [-0.15, -0.1) is 0 Å². The average molecular weight is 302 g/mol. The van der Waals surface area contributed by atoms with Crippen LogP contribution in [0.25, 0.3) is 5.65 Å². The quantitative estimate of drug-likeness (QED) is 0.805. The lowest BCUT2D eigenvalue weighted by atomic mass is 10.0. The van der Waals surface area contributed by atoms with E-state index in [2.05, 4.69) is 4.98 Å². The van der Waals surface area contributed by atoms with Crippen LogP contribution in [0.3, 0.4) is 0 Å². The second kappa shape index (κ2) is 5.55. The number of hydrogen-bond acceptors (Lipinski definition) is 2. The zero-order chi connectivity index (χ0) is 15.7. The Morgan fingerprint density at radius 1 is 1.14 bits per heavy atom. The third kappa shape index (κ3) is 2.55. The van der Waals surface area contributed by atoms with Crippen molar-refractivity contribution >= 4 is 11.6 Å². The molecule has 0 amide bonds. The SMILES string of the molecule is O=C(O)c1c(CCc2cc(F)ccc2F)ccc2nccn12. The summed E-state index contributed by atoms with van der Waals surface area (Å²) in [5.41, 5.74) is 1.38. The molecule has 6 heteroatoms. The van der Waals surface area contributed by atoms with Crippen LogP contribution in [0.2, 0.25) is 0 Å². The van der Waals surface area contributed by atoms with Crippen molar-refractivity contribution in [3.8, 4) is 0 Å². The summed E-state index contributed by atoms with van der Waals surface area (Å²) in [6, 6.07) is 6.61. The highest BCUT2D eigenvalue weighted by Gasteiger charge is 2.15. The van der Waals surface area contributed by atoms with Crippen LogP contribution >= 0.6 is 0 Å². The zero-order valence-corrected chi connectivity index (χ0v) is 11.5. The normalized spacial score (nSPS) is 11.0. The van der Waals surface area contributed by atoms with Gasteiger partial charge in [0.05, 0.1) is 0 Å². The molecular weight excluding hydrogens is 290 g/mol. The van der Waals surface area contributed by atoms with E-state index in [1.165, 1.54) is 10.6 Å². The number of carboxylic acids is 1. The minimum absolute atomic E-state index is 0.0896. The van der Waals surface area contributed by atoms with Crippen molar-refractivity contribution in [1.82, 2.24) is 9.38 Å². The molecule has 22 heavy (non-hydrogen) atoms. The van der Waals surface area contributed by atoms with Gasteiger partial charge < -0.3 is 5.11 Å². The van der Waals surface area contributed by atoms with Gasteiger partial charge in [0.15, 0.2) is 0 Å². The topological polar surface area (TPSA) is 54.6 Å². The summed E-state index contributed by atoms with van der Waals surface area (Å²) < 4.78 is 28.3. The molecule has 0 saturated carbocycles. The molecule has 3 aromatic rings. The minimum Gasteiger partial charge on any atom is -0.477 e. The molecule has 1 aromatic carbocycles. The van der Waals surface area contributed by atoms with Gasteiger partial charge in [-0.3, -0.25) is 4.40 Å². The number of pyridine rings is 1. The highest BCUT2D eigenvalue weighted by atomic mass is 19.1. The third-order valence-corrected chi connectivity index (χ3v) is 3.52. The molecule has 3 rings (SSSR count). The van der Waals surface area contributed by atoms with Gasteiger partial charge in [-0.2, -0.15) is 0 Å². The smallest absolute Gasteiger partial charge is 0.353 e. The summed E-state index contributed by atoms with van der Waals surface area (Å²) in [5.74, 6) is -2.10. The van der Waals surface area contributed by atoms with Crippen molar-refractivity contribution in [1.29, 1.82) is 0 Å². The van der Waals surface area contributed by atoms with Gasteiger partial charge in [-0.05, 0) is 48.2 Å². The van der Waals surface area contributed by atoms with Gasteiger partial charge in [0.25, 0.3) is 0 Å². The Morgan fingerprint density at radius 3 is 2.68 bits per heavy atom. The highest BCUT2D eigenvalue weighted by molar-refractivity contribution is 5.88. The van der Waals surface area contributed by atoms with Crippen LogP contribution in [0.5, 0.6) is 0 Å². The number of rotatable bonds is 4. The number of halogens is 2. The van der Waals surface area contributed by atoms with Gasteiger partial charge in [-0.25, -0.2) is 18.6 Å². The first-order chi connectivity index (χ1) is 10.6. The molecule has 0 spiro atoms. The van der Waals surface area contributed by atoms with E-state index in [-0.39, 0.29) is 24.1 Å². The summed E-state index contributed by atoms with van der Waals surface area (Å²) in [6.45, 7) is 0. The lowest BCUT2D eigenvalue weighted by Gasteiger charge is -2.09. The highest BCUT2D eigenvalue weighted by Crippen LogP contribution is 2.17. The van der Waals surface area contributed by atoms with Gasteiger partial charge >= 0.3 is 5.97 Å². The van der Waals surface area contributed by atoms with Gasteiger partial charge in [-0.1, -0.05) is 6.07 Å². The fraction of sp³-hybridized carbons (Fsp3) is 0.125. The van der Waals surface area contributed by atoms with Crippen LogP contribution in [0.1, 0.15) is 21.6 Å². The lowest BCUT2D eigenvalue weighted by molar-refractivity contribution is 0.0687. The maximum Gasteiger partial charge on any atom is 0.353 e. The second-order valence-corrected chi connectivity index (χ2v) is 4.90. The molecule has 0 aliphatic rings. The number of carboxylic acid groups (broad SMARTS) is 1. The second-order valence-electron chi connectivity index (χ2n) is 4.90. The molecule has 0 saturated heterocycles. The maximum atomic E-state index is 13.6. The number of fused-ring (bicyclic) bond motifs is 1. The van der Waals surface area contributed by atoms with Crippen molar-refractivity contribution < 1.29 is 18.7 Å². The van der Waals surface area contributed by atoms with Crippen molar-refractivity contribution in [2.24, 2.45) is 0 Å². The van der Waals surface area contributed by atoms with Gasteiger partial charge in [0, 0.05) is 12.4 Å². The number of aryl methyl sites for hydroxylation is 2. The summed E-state index contributed by atoms with van der Waals surface area (Å²) in [6.07, 6.45) is 3.57. The number of benzene rings is 1. The number of hydrogen-bond donors (Lipinski definition) is 1. The van der Waals surface area contributed by atoms with Crippen LogP contribution in [0.4, 0.5) is 8.78 Å². The van der Waals surface area contributed by atoms with Gasteiger partial charge in [0.1, 0.15) is 23.0 Å². The van der Waals surface area contributed by atoms with E-state index in [9.17, 15) is 18.7 Å². The average Bonchev–Trinajstić information content (AvgIpc) is 2.95. The standard InChI is InChI=1S/C16H12F2N2O2/c17-12-4-5-13(18)11(9-12)2-1-10-3-6-14-19-7-8-20(14)15(10)16(21)22/h3-9H,1-2H2,(H,21,22). The van der Waals surface area contributed by atoms with E-state index in [1.807, 2.05) is 0 Å². The molecule has 2 aromatic heterocycles. The van der Waals surface area contributed by atoms with Gasteiger partial charge in [0.2, 0.25) is 0 Å². The first kappa shape index (κ1) is 14.2. The summed E-state index contributed by atoms with van der Waals surface area (Å²) in [7, 11) is 0. The van der Waals surface area contributed by atoms with Crippen molar-refractivity contribution in [2.75, 3.05) is 0 Å². The molecule has 0 atom stereocenters. The first-order valence-corrected chi connectivity index (χ1v) is 6.68. The monoisotopic (exact) mass is 302 g/mol. The Bertz CT molecular complexity index is 858. The van der Waals surface area contributed by atoms with Crippen LogP contribution in [-0.4, -0.2) is 20.5 Å². The fourth-order valence-electron chi connectivity index (χ4n) is 2.48. The Kier molecular flexibility index (Phi) is 3.58. The van der Waals surface area contributed by atoms with E-state index < -0.39 is 17.6 Å². The van der Waals surface area contributed by atoms with E-state index >= 15 is 0 Å². The van der Waals surface area contributed by atoms with Crippen LogP contribution in [0.15, 0.2) is 42.7 Å². The van der Waals surface area contributed by atoms with E-state index in [4.69, 9.17) is 0 Å². The Morgan fingerprint density at radius 2 is 1.91 bits per heavy atom. The Balaban J connectivity index is 1.95. The van der Waals surface area contributed by atoms with Crippen LogP contribution in [0, 0.1) is 11.6 Å². The van der Waals surface area contributed by atoms with E-state index in [0.717, 1.165) is 18.2 Å². The first-order valence-electron chi connectivity index (χ1n) is 6.68. The molecule has 0 unspecified atom stereocenters. The zero-order valence-electron chi connectivity index (χ0n) is 11.5. The third-order valence-electron chi connectivity index (χ3n) is 3.52. The molecule has 0 aliphatic heterocycles. The number of carbonyl (C=O) groups is 1. The molecule has 0 aliphatic carbocycles. The summed E-state index contributed by atoms with van der Waals surface area (Å²) in [4.78, 5) is 15.5. The number of aromatic carboxylic acids is 1. The number of nitrogens with zero attached hydrogens (tertiary/aromatic N) is 2. The largest absolute Gasteiger partial charge is 0.477 e. The molecule has 0 bridgehead atoms. The predicted molar refractivity (Wildman–Crippen MR) is 75.9 cm³/mol. The molecule has 1 N–H and O–H groups in total. The van der Waals surface area contributed by atoms with Crippen molar-refractivity contribution in [3.63, 3.8) is 0 Å². The lowest BCUT2D eigenvalue weighted by Crippen LogP contribution is -2.10. The van der Waals surface area contributed by atoms with Crippen molar-refractivity contribution in [3.05, 3.63) is 71.2 Å². The summed E-state index contributed by atoms with van der Waals surface area (Å²) in [5, 5.41) is 9.40. The van der Waals surface area contributed by atoms with Crippen LogP contribution in [-0.2, 0) is 12.8 Å². The molecule has 0 fully saturated rings. The molecular formula is C16H12F2N2O2. The van der Waals surface area contributed by atoms with E-state index in [1.54, 1.807) is 18.3 Å². The maximum absolute atomic E-state index is 13.6. The predicted octanol–water partition coefficient (Wildman–Crippen LogP) is 3.10. The molecule has 0 radical (unpaired) electrons. The Labute approximate surface area is 124 Å². The molecule has 4 nitrogen and oxygen atoms in total. The van der Waals surface area contributed by atoms with Crippen LogP contribution < -0.4 is 0 Å². The summed E-state index contributed by atoms with van der Waals surface area (Å²) >= 11 is 0. The molecule has 112 valence electrons. The van der Waals surface area contributed by atoms with Crippen molar-refractivity contribution in [2.45, 2.75) is 12.8 Å². The number of imidazole rings is 1. The van der Waals surface area contributed by atoms with E-state index in [0.29, 0.717) is 11.2 Å².